The molecule has 6 rings (SSSR count). The van der Waals surface area contributed by atoms with Crippen molar-refractivity contribution >= 4 is 55.1 Å². The molecule has 0 amide bonds. The van der Waals surface area contributed by atoms with E-state index in [0.717, 1.165) is 42.7 Å². The van der Waals surface area contributed by atoms with E-state index in [9.17, 15) is 0 Å². The summed E-state index contributed by atoms with van der Waals surface area (Å²) < 4.78 is 10.6. The van der Waals surface area contributed by atoms with Gasteiger partial charge in [-0.25, -0.2) is 4.68 Å². The molecule has 0 unspecified atom stereocenters. The Bertz CT molecular complexity index is 1370. The zero-order valence-corrected chi connectivity index (χ0v) is 20.4. The molecule has 2 aliphatic heterocycles. The molecule has 32 heavy (non-hydrogen) atoms. The van der Waals surface area contributed by atoms with Crippen LogP contribution in [0.2, 0.25) is 5.02 Å². The molecule has 2 aliphatic rings. The van der Waals surface area contributed by atoms with Gasteiger partial charge in [-0.1, -0.05) is 67.7 Å². The van der Waals surface area contributed by atoms with E-state index in [1.165, 1.54) is 0 Å². The van der Waals surface area contributed by atoms with Gasteiger partial charge < -0.3 is 10.1 Å². The number of hydrogen-bond donors (Lipinski definition) is 1. The van der Waals surface area contributed by atoms with E-state index in [4.69, 9.17) is 16.3 Å². The van der Waals surface area contributed by atoms with Gasteiger partial charge in [0.15, 0.2) is 0 Å². The van der Waals surface area contributed by atoms with Crippen LogP contribution in [0.3, 0.4) is 0 Å². The standard InChI is InChI=1S/C24H15Br2ClN4O/c25-15-5-1-13(2-6-15)22-20-21(30-24-28-12-29-31(22)24)18-11-17(27)9-10-19(18)32-23(20)14-3-7-16(26)8-4-14/h1-12,22-23H,(H,28,29,30)/t22-,23-/m0/s1. The second-order valence-electron chi connectivity index (χ2n) is 7.63. The molecule has 0 spiro atoms. The highest BCUT2D eigenvalue weighted by Gasteiger charge is 2.41. The fraction of sp³-hybridized carbons (Fsp3) is 0.0833. The Morgan fingerprint density at radius 1 is 0.906 bits per heavy atom. The van der Waals surface area contributed by atoms with Crippen molar-refractivity contribution in [1.29, 1.82) is 0 Å². The average Bonchev–Trinajstić information content (AvgIpc) is 3.27. The van der Waals surface area contributed by atoms with Crippen molar-refractivity contribution in [3.05, 3.63) is 109 Å². The van der Waals surface area contributed by atoms with Crippen LogP contribution < -0.4 is 10.1 Å². The number of ether oxygens (including phenoxy) is 1. The first kappa shape index (κ1) is 20.0. The minimum atomic E-state index is -0.315. The Morgan fingerprint density at radius 2 is 1.59 bits per heavy atom. The van der Waals surface area contributed by atoms with E-state index in [1.54, 1.807) is 6.33 Å². The molecule has 0 saturated heterocycles. The average molecular weight is 571 g/mol. The lowest BCUT2D eigenvalue weighted by Gasteiger charge is -2.39. The molecule has 0 aliphatic carbocycles. The molecule has 0 bridgehead atoms. The Morgan fingerprint density at radius 3 is 2.31 bits per heavy atom. The van der Waals surface area contributed by atoms with Crippen LogP contribution in [0.25, 0.3) is 5.70 Å². The maximum Gasteiger partial charge on any atom is 0.226 e. The van der Waals surface area contributed by atoms with Crippen LogP contribution in [0, 0.1) is 0 Å². The summed E-state index contributed by atoms with van der Waals surface area (Å²) in [5.74, 6) is 1.45. The highest BCUT2D eigenvalue weighted by atomic mass is 79.9. The van der Waals surface area contributed by atoms with Crippen LogP contribution in [-0.2, 0) is 0 Å². The van der Waals surface area contributed by atoms with E-state index in [0.29, 0.717) is 11.0 Å². The predicted molar refractivity (Wildman–Crippen MR) is 132 cm³/mol. The van der Waals surface area contributed by atoms with Gasteiger partial charge in [0.1, 0.15) is 24.2 Å². The van der Waals surface area contributed by atoms with Crippen molar-refractivity contribution in [2.45, 2.75) is 12.1 Å². The number of halogens is 3. The molecule has 0 saturated carbocycles. The number of rotatable bonds is 2. The van der Waals surface area contributed by atoms with Crippen LogP contribution in [0.1, 0.15) is 28.8 Å². The smallest absolute Gasteiger partial charge is 0.226 e. The molecular formula is C24H15Br2ClN4O. The van der Waals surface area contributed by atoms with Gasteiger partial charge in [-0.2, -0.15) is 10.1 Å². The van der Waals surface area contributed by atoms with Gasteiger partial charge in [0.25, 0.3) is 0 Å². The van der Waals surface area contributed by atoms with Crippen LogP contribution in [0.4, 0.5) is 5.95 Å². The molecular weight excluding hydrogens is 556 g/mol. The Balaban J connectivity index is 1.63. The Kier molecular flexibility index (Phi) is 4.86. The van der Waals surface area contributed by atoms with E-state index in [2.05, 4.69) is 71.5 Å². The van der Waals surface area contributed by atoms with Gasteiger partial charge in [-0.15, -0.1) is 0 Å². The summed E-state index contributed by atoms with van der Waals surface area (Å²) in [6.07, 6.45) is 1.26. The lowest BCUT2D eigenvalue weighted by molar-refractivity contribution is 0.223. The minimum Gasteiger partial charge on any atom is -0.480 e. The number of nitrogens with one attached hydrogen (secondary N) is 1. The van der Waals surface area contributed by atoms with E-state index in [-0.39, 0.29) is 12.1 Å². The van der Waals surface area contributed by atoms with Gasteiger partial charge in [-0.3, -0.25) is 0 Å². The molecule has 158 valence electrons. The summed E-state index contributed by atoms with van der Waals surface area (Å²) in [6, 6.07) is 22.0. The van der Waals surface area contributed by atoms with Gasteiger partial charge in [0.05, 0.1) is 5.70 Å². The maximum atomic E-state index is 6.61. The fourth-order valence-electron chi connectivity index (χ4n) is 4.32. The topological polar surface area (TPSA) is 52.0 Å². The third kappa shape index (κ3) is 3.27. The lowest BCUT2D eigenvalue weighted by atomic mass is 9.84. The third-order valence-corrected chi connectivity index (χ3v) is 7.03. The molecule has 8 heteroatoms. The van der Waals surface area contributed by atoms with Crippen molar-refractivity contribution < 1.29 is 4.74 Å². The number of anilines is 1. The number of benzene rings is 3. The van der Waals surface area contributed by atoms with Gasteiger partial charge >= 0.3 is 0 Å². The Hall–Kier alpha value is -2.61. The Labute approximate surface area is 206 Å². The maximum absolute atomic E-state index is 6.61. The second-order valence-corrected chi connectivity index (χ2v) is 9.90. The first-order valence-corrected chi connectivity index (χ1v) is 11.9. The molecule has 1 aromatic heterocycles. The molecule has 4 aromatic rings. The molecule has 0 fully saturated rings. The van der Waals surface area contributed by atoms with Crippen molar-refractivity contribution in [3.8, 4) is 5.75 Å². The van der Waals surface area contributed by atoms with Crippen molar-refractivity contribution in [3.63, 3.8) is 0 Å². The summed E-state index contributed by atoms with van der Waals surface area (Å²) in [6.45, 7) is 0. The first-order valence-electron chi connectivity index (χ1n) is 9.96. The zero-order valence-electron chi connectivity index (χ0n) is 16.5. The molecule has 1 N–H and O–H groups in total. The highest BCUT2D eigenvalue weighted by molar-refractivity contribution is 9.10. The van der Waals surface area contributed by atoms with Crippen molar-refractivity contribution in [2.75, 3.05) is 5.32 Å². The summed E-state index contributed by atoms with van der Waals surface area (Å²) >= 11 is 13.5. The second kappa shape index (κ2) is 7.76. The SMILES string of the molecule is Clc1ccc2c(c1)C1=C([C@H](c3ccc(Br)cc3)O2)[C@H](c2ccc(Br)cc2)n2ncnc2N1. The molecule has 2 atom stereocenters. The number of hydrogen-bond acceptors (Lipinski definition) is 4. The first-order chi connectivity index (χ1) is 15.6. The van der Waals surface area contributed by atoms with Gasteiger partial charge in [0, 0.05) is 25.1 Å². The molecule has 0 radical (unpaired) electrons. The number of fused-ring (bicyclic) bond motifs is 3. The van der Waals surface area contributed by atoms with E-state index in [1.807, 2.05) is 47.1 Å². The molecule has 5 nitrogen and oxygen atoms in total. The monoisotopic (exact) mass is 568 g/mol. The van der Waals surface area contributed by atoms with Gasteiger partial charge in [-0.05, 0) is 53.6 Å². The van der Waals surface area contributed by atoms with Crippen LogP contribution in [0.15, 0.2) is 87.6 Å². The summed E-state index contributed by atoms with van der Waals surface area (Å²) in [7, 11) is 0. The zero-order chi connectivity index (χ0) is 21.8. The normalized spacial score (nSPS) is 18.8. The summed E-state index contributed by atoms with van der Waals surface area (Å²) in [5.41, 5.74) is 5.06. The van der Waals surface area contributed by atoms with Gasteiger partial charge in [0.2, 0.25) is 5.95 Å². The predicted octanol–water partition coefficient (Wildman–Crippen LogP) is 7.02. The highest BCUT2D eigenvalue weighted by Crippen LogP contribution is 2.51. The minimum absolute atomic E-state index is 0.197. The summed E-state index contributed by atoms with van der Waals surface area (Å²) in [4.78, 5) is 4.46. The fourth-order valence-corrected chi connectivity index (χ4v) is 5.02. The third-order valence-electron chi connectivity index (χ3n) is 5.73. The van der Waals surface area contributed by atoms with Crippen LogP contribution in [-0.4, -0.2) is 14.8 Å². The molecule has 3 aromatic carbocycles. The van der Waals surface area contributed by atoms with Crippen LogP contribution in [0.5, 0.6) is 5.75 Å². The lowest BCUT2D eigenvalue weighted by Crippen LogP contribution is -2.32. The van der Waals surface area contributed by atoms with E-state index < -0.39 is 0 Å². The summed E-state index contributed by atoms with van der Waals surface area (Å²) in [5, 5.41) is 8.70. The molecule has 3 heterocycles. The van der Waals surface area contributed by atoms with E-state index >= 15 is 0 Å². The quantitative estimate of drug-likeness (QED) is 0.282. The van der Waals surface area contributed by atoms with Crippen molar-refractivity contribution in [2.24, 2.45) is 0 Å². The van der Waals surface area contributed by atoms with Crippen molar-refractivity contribution in [1.82, 2.24) is 14.8 Å². The number of nitrogens with zero attached hydrogens (tertiary/aromatic N) is 3. The van der Waals surface area contributed by atoms with Crippen LogP contribution >= 0.6 is 43.5 Å². The number of aromatic nitrogens is 3. The largest absolute Gasteiger partial charge is 0.480 e.